The van der Waals surface area contributed by atoms with Gasteiger partial charge in [-0.1, -0.05) is 18.2 Å². The average Bonchev–Trinajstić information content (AvgIpc) is 2.93. The van der Waals surface area contributed by atoms with Gasteiger partial charge in [0.1, 0.15) is 18.2 Å². The summed E-state index contributed by atoms with van der Waals surface area (Å²) in [6.07, 6.45) is 1.00. The molecule has 2 aliphatic rings. The van der Waals surface area contributed by atoms with Gasteiger partial charge in [-0.2, -0.15) is 5.10 Å². The predicted octanol–water partition coefficient (Wildman–Crippen LogP) is 1.66. The summed E-state index contributed by atoms with van der Waals surface area (Å²) in [5.41, 5.74) is 3.65. The third kappa shape index (κ3) is 3.37. The lowest BCUT2D eigenvalue weighted by Gasteiger charge is -2.30. The molecule has 0 spiro atoms. The number of ether oxygens (including phenoxy) is 2. The predicted molar refractivity (Wildman–Crippen MR) is 97.2 cm³/mol. The minimum atomic E-state index is 0.326. The molecule has 6 nitrogen and oxygen atoms in total. The Hall–Kier alpha value is -2.05. The summed E-state index contributed by atoms with van der Waals surface area (Å²) in [6, 6.07) is 8.63. The zero-order chi connectivity index (χ0) is 17.2. The molecule has 1 saturated heterocycles. The Kier molecular flexibility index (Phi) is 4.63. The van der Waals surface area contributed by atoms with E-state index in [0.29, 0.717) is 12.6 Å². The van der Waals surface area contributed by atoms with Crippen LogP contribution in [-0.4, -0.2) is 48.7 Å². The maximum absolute atomic E-state index is 5.90. The number of aromatic nitrogens is 2. The molecule has 1 N–H and O–H groups in total. The summed E-state index contributed by atoms with van der Waals surface area (Å²) in [6.45, 7) is 7.02. The van der Waals surface area contributed by atoms with Crippen molar-refractivity contribution in [3.8, 4) is 5.75 Å². The van der Waals surface area contributed by atoms with E-state index in [0.717, 1.165) is 50.7 Å². The van der Waals surface area contributed by atoms with E-state index in [9.17, 15) is 0 Å². The van der Waals surface area contributed by atoms with Crippen LogP contribution in [0.5, 0.6) is 5.75 Å². The normalized spacial score (nSPS) is 20.2. The fourth-order valence-corrected chi connectivity index (χ4v) is 3.77. The summed E-state index contributed by atoms with van der Waals surface area (Å²) in [5, 5.41) is 8.33. The number of nitrogens with one attached hydrogen (secondary N) is 1. The summed E-state index contributed by atoms with van der Waals surface area (Å²) >= 11 is 0. The third-order valence-electron chi connectivity index (χ3n) is 5.07. The van der Waals surface area contributed by atoms with Crippen molar-refractivity contribution in [1.29, 1.82) is 0 Å². The number of hydrogen-bond acceptors (Lipinski definition) is 5. The standard InChI is InChI=1S/C19H26N4O2/c1-14-17(19(22(2)21-14)23-7-9-24-10-8-23)12-20-16-11-15-5-3-4-6-18(15)25-13-16/h3-6,16,20H,7-13H2,1-2H3/t16-/m1/s1. The quantitative estimate of drug-likeness (QED) is 0.916. The largest absolute Gasteiger partial charge is 0.492 e. The van der Waals surface area contributed by atoms with Gasteiger partial charge >= 0.3 is 0 Å². The highest BCUT2D eigenvalue weighted by Gasteiger charge is 2.23. The monoisotopic (exact) mass is 342 g/mol. The van der Waals surface area contributed by atoms with Crippen molar-refractivity contribution in [2.45, 2.75) is 25.9 Å². The Balaban J connectivity index is 1.46. The second kappa shape index (κ2) is 7.06. The van der Waals surface area contributed by atoms with Crippen molar-refractivity contribution in [3.05, 3.63) is 41.1 Å². The highest BCUT2D eigenvalue weighted by atomic mass is 16.5. The van der Waals surface area contributed by atoms with Crippen molar-refractivity contribution < 1.29 is 9.47 Å². The van der Waals surface area contributed by atoms with Crippen LogP contribution in [0, 0.1) is 6.92 Å². The van der Waals surface area contributed by atoms with Crippen LogP contribution in [0.2, 0.25) is 0 Å². The first-order valence-corrected chi connectivity index (χ1v) is 9.01. The van der Waals surface area contributed by atoms with Crippen LogP contribution in [-0.2, 0) is 24.8 Å². The molecule has 3 heterocycles. The second-order valence-corrected chi connectivity index (χ2v) is 6.81. The average molecular weight is 342 g/mol. The van der Waals surface area contributed by atoms with Crippen LogP contribution in [0.25, 0.3) is 0 Å². The molecule has 0 aliphatic carbocycles. The minimum Gasteiger partial charge on any atom is -0.492 e. The van der Waals surface area contributed by atoms with E-state index in [1.165, 1.54) is 16.9 Å². The number of benzene rings is 1. The summed E-state index contributed by atoms with van der Waals surface area (Å²) in [7, 11) is 2.03. The fourth-order valence-electron chi connectivity index (χ4n) is 3.77. The molecule has 0 saturated carbocycles. The van der Waals surface area contributed by atoms with Gasteiger partial charge < -0.3 is 19.7 Å². The van der Waals surface area contributed by atoms with Crippen molar-refractivity contribution in [1.82, 2.24) is 15.1 Å². The topological polar surface area (TPSA) is 51.5 Å². The molecule has 6 heteroatoms. The van der Waals surface area contributed by atoms with E-state index >= 15 is 0 Å². The maximum Gasteiger partial charge on any atom is 0.131 e. The molecule has 0 radical (unpaired) electrons. The van der Waals surface area contributed by atoms with Gasteiger partial charge in [0.05, 0.1) is 18.9 Å². The van der Waals surface area contributed by atoms with E-state index in [2.05, 4.69) is 34.4 Å². The molecule has 1 fully saturated rings. The van der Waals surface area contributed by atoms with Gasteiger partial charge in [-0.3, -0.25) is 4.68 Å². The van der Waals surface area contributed by atoms with E-state index in [1.807, 2.05) is 23.9 Å². The summed E-state index contributed by atoms with van der Waals surface area (Å²) in [5.74, 6) is 2.23. The third-order valence-corrected chi connectivity index (χ3v) is 5.07. The van der Waals surface area contributed by atoms with Crippen LogP contribution in [0.15, 0.2) is 24.3 Å². The zero-order valence-electron chi connectivity index (χ0n) is 15.0. The summed E-state index contributed by atoms with van der Waals surface area (Å²) in [4.78, 5) is 2.38. The fraction of sp³-hybridized carbons (Fsp3) is 0.526. The zero-order valence-corrected chi connectivity index (χ0v) is 15.0. The maximum atomic E-state index is 5.90. The Labute approximate surface area is 148 Å². The van der Waals surface area contributed by atoms with Crippen molar-refractivity contribution in [2.75, 3.05) is 37.8 Å². The lowest BCUT2D eigenvalue weighted by molar-refractivity contribution is 0.122. The van der Waals surface area contributed by atoms with E-state index in [1.54, 1.807) is 0 Å². The molecule has 0 bridgehead atoms. The van der Waals surface area contributed by atoms with Crippen LogP contribution < -0.4 is 15.0 Å². The Morgan fingerprint density at radius 3 is 2.88 bits per heavy atom. The van der Waals surface area contributed by atoms with Gasteiger partial charge in [-0.05, 0) is 25.0 Å². The van der Waals surface area contributed by atoms with Crippen LogP contribution in [0.1, 0.15) is 16.8 Å². The molecular formula is C19H26N4O2. The van der Waals surface area contributed by atoms with Crippen molar-refractivity contribution in [3.63, 3.8) is 0 Å². The van der Waals surface area contributed by atoms with Gasteiger partial charge in [0.25, 0.3) is 0 Å². The van der Waals surface area contributed by atoms with E-state index in [-0.39, 0.29) is 0 Å². The molecule has 1 atom stereocenters. The number of anilines is 1. The second-order valence-electron chi connectivity index (χ2n) is 6.81. The van der Waals surface area contributed by atoms with Crippen LogP contribution in [0.4, 0.5) is 5.82 Å². The Morgan fingerprint density at radius 1 is 1.24 bits per heavy atom. The highest BCUT2D eigenvalue weighted by Crippen LogP contribution is 2.26. The van der Waals surface area contributed by atoms with Gasteiger partial charge in [-0.15, -0.1) is 0 Å². The molecule has 1 aromatic heterocycles. The molecular weight excluding hydrogens is 316 g/mol. The molecule has 1 aromatic carbocycles. The molecule has 2 aliphatic heterocycles. The Bertz CT molecular complexity index is 737. The van der Waals surface area contributed by atoms with E-state index < -0.39 is 0 Å². The van der Waals surface area contributed by atoms with Crippen LogP contribution in [0.3, 0.4) is 0 Å². The van der Waals surface area contributed by atoms with Gasteiger partial charge in [0, 0.05) is 38.3 Å². The van der Waals surface area contributed by atoms with Crippen molar-refractivity contribution in [2.24, 2.45) is 7.05 Å². The molecule has 0 amide bonds. The number of fused-ring (bicyclic) bond motifs is 1. The van der Waals surface area contributed by atoms with Crippen molar-refractivity contribution >= 4 is 5.82 Å². The molecule has 2 aromatic rings. The number of aryl methyl sites for hydroxylation is 2. The lowest BCUT2D eigenvalue weighted by Crippen LogP contribution is -2.40. The van der Waals surface area contributed by atoms with Gasteiger partial charge in [0.2, 0.25) is 0 Å². The minimum absolute atomic E-state index is 0.326. The van der Waals surface area contributed by atoms with E-state index in [4.69, 9.17) is 9.47 Å². The summed E-state index contributed by atoms with van der Waals surface area (Å²) < 4.78 is 13.4. The number of morpholine rings is 1. The molecule has 25 heavy (non-hydrogen) atoms. The Morgan fingerprint density at radius 2 is 2.04 bits per heavy atom. The lowest BCUT2D eigenvalue weighted by atomic mass is 10.0. The molecule has 4 rings (SSSR count). The number of nitrogens with zero attached hydrogens (tertiary/aromatic N) is 3. The smallest absolute Gasteiger partial charge is 0.131 e. The first-order chi connectivity index (χ1) is 12.2. The van der Waals surface area contributed by atoms with Gasteiger partial charge in [0.15, 0.2) is 0 Å². The number of hydrogen-bond donors (Lipinski definition) is 1. The SMILES string of the molecule is Cc1nn(C)c(N2CCOCC2)c1CN[C@H]1COc2ccccc2C1. The molecule has 134 valence electrons. The first-order valence-electron chi connectivity index (χ1n) is 9.01. The van der Waals surface area contributed by atoms with Gasteiger partial charge in [-0.25, -0.2) is 0 Å². The first kappa shape index (κ1) is 16.4. The number of para-hydroxylation sites is 1. The number of rotatable bonds is 4. The van der Waals surface area contributed by atoms with Crippen LogP contribution >= 0.6 is 0 Å². The molecule has 0 unspecified atom stereocenters. The highest BCUT2D eigenvalue weighted by molar-refractivity contribution is 5.50.